The molecule has 6 heteroatoms. The molecule has 0 aromatic heterocycles. The molecule has 2 amide bonds. The van der Waals surface area contributed by atoms with Crippen LogP contribution in [0, 0.1) is 13.8 Å². The minimum atomic E-state index is -0.504. The number of piperazine rings is 1. The molecule has 1 saturated heterocycles. The van der Waals surface area contributed by atoms with Crippen molar-refractivity contribution in [1.82, 2.24) is 9.80 Å². The van der Waals surface area contributed by atoms with Crippen LogP contribution in [0.4, 0.5) is 4.79 Å². The van der Waals surface area contributed by atoms with Crippen molar-refractivity contribution in [1.29, 1.82) is 0 Å². The van der Waals surface area contributed by atoms with E-state index in [0.29, 0.717) is 39.2 Å². The lowest BCUT2D eigenvalue weighted by atomic mass is 10.1. The van der Waals surface area contributed by atoms with Gasteiger partial charge in [-0.15, -0.1) is 0 Å². The summed E-state index contributed by atoms with van der Waals surface area (Å²) in [4.78, 5) is 27.9. The number of ether oxygens (including phenoxy) is 2. The van der Waals surface area contributed by atoms with Crippen molar-refractivity contribution in [3.05, 3.63) is 29.3 Å². The Hall–Kier alpha value is -2.24. The van der Waals surface area contributed by atoms with Crippen LogP contribution in [0.25, 0.3) is 0 Å². The molecule has 0 unspecified atom stereocenters. The Bertz CT molecular complexity index is 609. The summed E-state index contributed by atoms with van der Waals surface area (Å²) in [6, 6.07) is 5.95. The minimum Gasteiger partial charge on any atom is -0.480 e. The Balaban J connectivity index is 1.95. The van der Waals surface area contributed by atoms with Crippen LogP contribution in [0.3, 0.4) is 0 Å². The zero-order valence-corrected chi connectivity index (χ0v) is 15.6. The Morgan fingerprint density at radius 1 is 1.08 bits per heavy atom. The number of hydrogen-bond acceptors (Lipinski definition) is 4. The van der Waals surface area contributed by atoms with E-state index >= 15 is 0 Å². The smallest absolute Gasteiger partial charge is 0.409 e. The first kappa shape index (κ1) is 19.1. The summed E-state index contributed by atoms with van der Waals surface area (Å²) in [5, 5.41) is 0. The zero-order valence-electron chi connectivity index (χ0n) is 15.6. The van der Waals surface area contributed by atoms with Gasteiger partial charge in [-0.2, -0.15) is 0 Å². The molecule has 0 spiro atoms. The summed E-state index contributed by atoms with van der Waals surface area (Å²) >= 11 is 0. The Kier molecular flexibility index (Phi) is 6.67. The van der Waals surface area contributed by atoms with Gasteiger partial charge in [0.25, 0.3) is 5.91 Å². The highest BCUT2D eigenvalue weighted by molar-refractivity contribution is 5.81. The fraction of sp³-hybridized carbons (Fsp3) is 0.579. The van der Waals surface area contributed by atoms with Gasteiger partial charge in [-0.25, -0.2) is 4.79 Å². The second-order valence-corrected chi connectivity index (χ2v) is 6.29. The summed E-state index contributed by atoms with van der Waals surface area (Å²) in [6.45, 7) is 10.1. The van der Waals surface area contributed by atoms with Gasteiger partial charge >= 0.3 is 6.09 Å². The molecule has 1 aromatic carbocycles. The number of rotatable bonds is 5. The Labute approximate surface area is 149 Å². The molecule has 1 atom stereocenters. The SMILES string of the molecule is CCOC(=O)N1CCN(C(=O)[C@@H](CC)Oc2ccc(C)cc2C)CC1. The third-order valence-electron chi connectivity index (χ3n) is 4.36. The van der Waals surface area contributed by atoms with E-state index in [4.69, 9.17) is 9.47 Å². The van der Waals surface area contributed by atoms with E-state index < -0.39 is 6.10 Å². The topological polar surface area (TPSA) is 59.1 Å². The summed E-state index contributed by atoms with van der Waals surface area (Å²) < 4.78 is 11.0. The minimum absolute atomic E-state index is 0.0222. The van der Waals surface area contributed by atoms with E-state index in [9.17, 15) is 9.59 Å². The standard InChI is InChI=1S/C19H28N2O4/c1-5-16(25-17-8-7-14(3)13-15(17)4)18(22)20-9-11-21(12-10-20)19(23)24-6-2/h7-8,13,16H,5-6,9-12H2,1-4H3/t16-/m1/s1. The van der Waals surface area contributed by atoms with Gasteiger partial charge in [0.05, 0.1) is 6.61 Å². The molecule has 2 rings (SSSR count). The maximum Gasteiger partial charge on any atom is 0.409 e. The van der Waals surface area contributed by atoms with Crippen molar-refractivity contribution in [3.8, 4) is 5.75 Å². The number of carbonyl (C=O) groups excluding carboxylic acids is 2. The van der Waals surface area contributed by atoms with Crippen LogP contribution in [0.5, 0.6) is 5.75 Å². The van der Waals surface area contributed by atoms with Crippen molar-refractivity contribution in [3.63, 3.8) is 0 Å². The number of benzene rings is 1. The molecule has 1 aliphatic rings. The van der Waals surface area contributed by atoms with Crippen molar-refractivity contribution >= 4 is 12.0 Å². The van der Waals surface area contributed by atoms with Crippen LogP contribution in [0.1, 0.15) is 31.4 Å². The van der Waals surface area contributed by atoms with Crippen LogP contribution in [0.15, 0.2) is 18.2 Å². The maximum atomic E-state index is 12.8. The first-order chi connectivity index (χ1) is 12.0. The molecule has 1 aromatic rings. The predicted molar refractivity (Wildman–Crippen MR) is 95.8 cm³/mol. The summed E-state index contributed by atoms with van der Waals surface area (Å²) in [7, 11) is 0. The Morgan fingerprint density at radius 3 is 2.28 bits per heavy atom. The average Bonchev–Trinajstić information content (AvgIpc) is 2.61. The molecular formula is C19H28N2O4. The number of hydrogen-bond donors (Lipinski definition) is 0. The lowest BCUT2D eigenvalue weighted by molar-refractivity contribution is -0.140. The highest BCUT2D eigenvalue weighted by Crippen LogP contribution is 2.22. The van der Waals surface area contributed by atoms with E-state index in [-0.39, 0.29) is 12.0 Å². The highest BCUT2D eigenvalue weighted by Gasteiger charge is 2.29. The molecule has 0 radical (unpaired) electrons. The van der Waals surface area contributed by atoms with Gasteiger partial charge in [0.2, 0.25) is 0 Å². The molecular weight excluding hydrogens is 320 g/mol. The van der Waals surface area contributed by atoms with Gasteiger partial charge in [0, 0.05) is 26.2 Å². The van der Waals surface area contributed by atoms with Crippen LogP contribution in [0.2, 0.25) is 0 Å². The monoisotopic (exact) mass is 348 g/mol. The average molecular weight is 348 g/mol. The third-order valence-corrected chi connectivity index (χ3v) is 4.36. The zero-order chi connectivity index (χ0) is 18.4. The van der Waals surface area contributed by atoms with E-state index in [1.165, 1.54) is 5.56 Å². The van der Waals surface area contributed by atoms with Crippen molar-refractivity contribution in [2.75, 3.05) is 32.8 Å². The molecule has 0 bridgehead atoms. The van der Waals surface area contributed by atoms with Crippen LogP contribution < -0.4 is 4.74 Å². The van der Waals surface area contributed by atoms with Gasteiger partial charge in [-0.3, -0.25) is 4.79 Å². The molecule has 0 aliphatic carbocycles. The molecule has 6 nitrogen and oxygen atoms in total. The van der Waals surface area contributed by atoms with Gasteiger partial charge in [-0.1, -0.05) is 24.6 Å². The molecule has 0 N–H and O–H groups in total. The molecule has 25 heavy (non-hydrogen) atoms. The summed E-state index contributed by atoms with van der Waals surface area (Å²) in [5.74, 6) is 0.724. The maximum absolute atomic E-state index is 12.8. The third kappa shape index (κ3) is 4.87. The number of nitrogens with zero attached hydrogens (tertiary/aromatic N) is 2. The lowest BCUT2D eigenvalue weighted by Gasteiger charge is -2.35. The van der Waals surface area contributed by atoms with Gasteiger partial charge in [0.15, 0.2) is 6.10 Å². The first-order valence-electron chi connectivity index (χ1n) is 8.90. The van der Waals surface area contributed by atoms with Gasteiger partial charge < -0.3 is 19.3 Å². The largest absolute Gasteiger partial charge is 0.480 e. The quantitative estimate of drug-likeness (QED) is 0.821. The highest BCUT2D eigenvalue weighted by atomic mass is 16.6. The fourth-order valence-corrected chi connectivity index (χ4v) is 2.92. The van der Waals surface area contributed by atoms with E-state index in [2.05, 4.69) is 0 Å². The number of aryl methyl sites for hydroxylation is 2. The number of amides is 2. The van der Waals surface area contributed by atoms with Crippen molar-refractivity contribution in [2.24, 2.45) is 0 Å². The van der Waals surface area contributed by atoms with Crippen molar-refractivity contribution < 1.29 is 19.1 Å². The molecule has 0 saturated carbocycles. The summed E-state index contributed by atoms with van der Waals surface area (Å²) in [5.41, 5.74) is 2.19. The van der Waals surface area contributed by atoms with E-state index in [1.807, 2.05) is 39.0 Å². The second kappa shape index (κ2) is 8.74. The van der Waals surface area contributed by atoms with Gasteiger partial charge in [-0.05, 0) is 38.8 Å². The van der Waals surface area contributed by atoms with E-state index in [0.717, 1.165) is 11.3 Å². The predicted octanol–water partition coefficient (Wildman–Crippen LogP) is 2.76. The Morgan fingerprint density at radius 2 is 1.72 bits per heavy atom. The van der Waals surface area contributed by atoms with Crippen LogP contribution >= 0.6 is 0 Å². The molecule has 1 heterocycles. The lowest BCUT2D eigenvalue weighted by Crippen LogP contribution is -2.53. The fourth-order valence-electron chi connectivity index (χ4n) is 2.92. The van der Waals surface area contributed by atoms with E-state index in [1.54, 1.807) is 16.7 Å². The van der Waals surface area contributed by atoms with Gasteiger partial charge in [0.1, 0.15) is 5.75 Å². The molecule has 1 fully saturated rings. The van der Waals surface area contributed by atoms with Crippen LogP contribution in [-0.2, 0) is 9.53 Å². The molecule has 138 valence electrons. The first-order valence-corrected chi connectivity index (χ1v) is 8.90. The molecule has 1 aliphatic heterocycles. The second-order valence-electron chi connectivity index (χ2n) is 6.29. The summed E-state index contributed by atoms with van der Waals surface area (Å²) in [6.07, 6.45) is -0.215. The normalized spacial score (nSPS) is 15.7. The van der Waals surface area contributed by atoms with Crippen LogP contribution in [-0.4, -0.2) is 60.7 Å². The number of carbonyl (C=O) groups is 2. The van der Waals surface area contributed by atoms with Crippen molar-refractivity contribution in [2.45, 2.75) is 40.2 Å².